The van der Waals surface area contributed by atoms with E-state index in [1.165, 1.54) is 6.07 Å². The molecule has 0 aromatic carbocycles. The molecule has 1 N–H and O–H groups in total. The molecule has 0 aliphatic carbocycles. The van der Waals surface area contributed by atoms with E-state index in [9.17, 15) is 18.9 Å². The molecule has 0 spiro atoms. The van der Waals surface area contributed by atoms with Crippen molar-refractivity contribution < 1.29 is 18.8 Å². The van der Waals surface area contributed by atoms with Gasteiger partial charge in [-0.05, 0) is 0 Å². The molecule has 0 saturated heterocycles. The molecular weight excluding hydrogens is 224 g/mol. The third-order valence-electron chi connectivity index (χ3n) is 1.78. The maximum Gasteiger partial charge on any atom is 0.291 e. The first kappa shape index (κ1) is 11.9. The summed E-state index contributed by atoms with van der Waals surface area (Å²) in [7, 11) is 0. The summed E-state index contributed by atoms with van der Waals surface area (Å²) in [6.45, 7) is -0.815. The highest BCUT2D eigenvalue weighted by atomic mass is 19.3. The van der Waals surface area contributed by atoms with E-state index in [1.54, 1.807) is 0 Å². The number of aliphatic hydroxyl groups excluding tert-OH is 1. The first-order valence-corrected chi connectivity index (χ1v) is 3.98. The van der Waals surface area contributed by atoms with Crippen LogP contribution in [0, 0.1) is 21.4 Å². The fourth-order valence-electron chi connectivity index (χ4n) is 1.10. The van der Waals surface area contributed by atoms with E-state index in [1.807, 2.05) is 0 Å². The van der Waals surface area contributed by atoms with Gasteiger partial charge >= 0.3 is 0 Å². The molecule has 8 heteroatoms. The van der Waals surface area contributed by atoms with Crippen LogP contribution in [0.1, 0.15) is 23.4 Å². The van der Waals surface area contributed by atoms with Gasteiger partial charge in [0, 0.05) is 6.07 Å². The van der Waals surface area contributed by atoms with Gasteiger partial charge in [-0.3, -0.25) is 10.1 Å². The molecular formula is C8H5F2N3O3. The van der Waals surface area contributed by atoms with E-state index < -0.39 is 40.6 Å². The molecule has 16 heavy (non-hydrogen) atoms. The Morgan fingerprint density at radius 1 is 1.69 bits per heavy atom. The zero-order valence-corrected chi connectivity index (χ0v) is 7.72. The summed E-state index contributed by atoms with van der Waals surface area (Å²) in [5.41, 5.74) is -2.55. The van der Waals surface area contributed by atoms with Crippen LogP contribution in [0.2, 0.25) is 0 Å². The molecule has 1 heterocycles. The van der Waals surface area contributed by atoms with E-state index in [-0.39, 0.29) is 0 Å². The number of aliphatic hydroxyl groups is 1. The summed E-state index contributed by atoms with van der Waals surface area (Å²) in [4.78, 5) is 12.8. The van der Waals surface area contributed by atoms with Crippen LogP contribution < -0.4 is 0 Å². The SMILES string of the molecule is N#Cc1c([N+](=O)[O-])cc(C(F)F)nc1CO. The van der Waals surface area contributed by atoms with Gasteiger partial charge in [-0.15, -0.1) is 0 Å². The van der Waals surface area contributed by atoms with Gasteiger partial charge in [-0.1, -0.05) is 0 Å². The number of hydrogen-bond donors (Lipinski definition) is 1. The summed E-state index contributed by atoms with van der Waals surface area (Å²) in [5.74, 6) is 0. The van der Waals surface area contributed by atoms with Crippen molar-refractivity contribution in [3.63, 3.8) is 0 Å². The quantitative estimate of drug-likeness (QED) is 0.621. The van der Waals surface area contributed by atoms with Crippen LogP contribution in [0.3, 0.4) is 0 Å². The van der Waals surface area contributed by atoms with Gasteiger partial charge in [-0.25, -0.2) is 13.8 Å². The third kappa shape index (κ3) is 2.09. The molecule has 1 rings (SSSR count). The Balaban J connectivity index is 3.51. The zero-order valence-electron chi connectivity index (χ0n) is 7.72. The molecule has 1 aromatic heterocycles. The summed E-state index contributed by atoms with van der Waals surface area (Å²) < 4.78 is 24.6. The lowest BCUT2D eigenvalue weighted by Crippen LogP contribution is -2.04. The van der Waals surface area contributed by atoms with Gasteiger partial charge in [0.25, 0.3) is 12.1 Å². The number of pyridine rings is 1. The van der Waals surface area contributed by atoms with E-state index in [0.29, 0.717) is 6.07 Å². The highest BCUT2D eigenvalue weighted by molar-refractivity contribution is 5.52. The minimum atomic E-state index is -3.00. The topological polar surface area (TPSA) is 100 Å². The molecule has 0 fully saturated rings. The fourth-order valence-corrected chi connectivity index (χ4v) is 1.10. The highest BCUT2D eigenvalue weighted by Gasteiger charge is 2.23. The Morgan fingerprint density at radius 3 is 2.69 bits per heavy atom. The van der Waals surface area contributed by atoms with Crippen molar-refractivity contribution in [3.05, 3.63) is 33.1 Å². The van der Waals surface area contributed by atoms with Crippen molar-refractivity contribution in [1.29, 1.82) is 5.26 Å². The van der Waals surface area contributed by atoms with Gasteiger partial charge < -0.3 is 5.11 Å². The van der Waals surface area contributed by atoms with Crippen LogP contribution in [0.25, 0.3) is 0 Å². The number of nitrogens with zero attached hydrogens (tertiary/aromatic N) is 3. The van der Waals surface area contributed by atoms with E-state index in [2.05, 4.69) is 4.98 Å². The van der Waals surface area contributed by atoms with Crippen molar-refractivity contribution >= 4 is 5.69 Å². The average Bonchev–Trinajstić information content (AvgIpc) is 2.26. The predicted octanol–water partition coefficient (Wildman–Crippen LogP) is 1.29. The number of rotatable bonds is 3. The predicted molar refractivity (Wildman–Crippen MR) is 46.5 cm³/mol. The van der Waals surface area contributed by atoms with Gasteiger partial charge in [0.2, 0.25) is 0 Å². The second kappa shape index (κ2) is 4.59. The minimum absolute atomic E-state index is 0.424. The number of nitro groups is 1. The Hall–Kier alpha value is -2.14. The number of hydrogen-bond acceptors (Lipinski definition) is 5. The summed E-state index contributed by atoms with van der Waals surface area (Å²) >= 11 is 0. The van der Waals surface area contributed by atoms with E-state index in [4.69, 9.17) is 10.4 Å². The first-order chi connectivity index (χ1) is 7.51. The summed E-state index contributed by atoms with van der Waals surface area (Å²) in [5, 5.41) is 27.9. The molecule has 0 aliphatic heterocycles. The molecule has 6 nitrogen and oxygen atoms in total. The molecule has 0 saturated carbocycles. The first-order valence-electron chi connectivity index (χ1n) is 3.98. The largest absolute Gasteiger partial charge is 0.390 e. The summed E-state index contributed by atoms with van der Waals surface area (Å²) in [6, 6.07) is 1.98. The second-order valence-electron chi connectivity index (χ2n) is 2.72. The Kier molecular flexibility index (Phi) is 3.42. The second-order valence-corrected chi connectivity index (χ2v) is 2.72. The molecule has 0 atom stereocenters. The van der Waals surface area contributed by atoms with Crippen LogP contribution in [0.5, 0.6) is 0 Å². The molecule has 0 unspecified atom stereocenters. The van der Waals surface area contributed by atoms with Crippen molar-refractivity contribution in [1.82, 2.24) is 4.98 Å². The molecule has 0 radical (unpaired) electrons. The molecule has 0 aliphatic rings. The number of halogens is 2. The van der Waals surface area contributed by atoms with Crippen molar-refractivity contribution in [2.45, 2.75) is 13.0 Å². The van der Waals surface area contributed by atoms with Gasteiger partial charge in [0.05, 0.1) is 17.2 Å². The smallest absolute Gasteiger partial charge is 0.291 e. The van der Waals surface area contributed by atoms with Crippen LogP contribution in [0.4, 0.5) is 14.5 Å². The average molecular weight is 229 g/mol. The molecule has 1 aromatic rings. The van der Waals surface area contributed by atoms with E-state index in [0.717, 1.165) is 0 Å². The Bertz CT molecular complexity index is 470. The fraction of sp³-hybridized carbons (Fsp3) is 0.250. The summed E-state index contributed by atoms with van der Waals surface area (Å²) in [6.07, 6.45) is -3.00. The maximum atomic E-state index is 12.3. The minimum Gasteiger partial charge on any atom is -0.390 e. The highest BCUT2D eigenvalue weighted by Crippen LogP contribution is 2.26. The molecule has 0 amide bonds. The lowest BCUT2D eigenvalue weighted by atomic mass is 10.1. The Morgan fingerprint density at radius 2 is 2.31 bits per heavy atom. The number of nitriles is 1. The monoisotopic (exact) mass is 229 g/mol. The number of aromatic nitrogens is 1. The zero-order chi connectivity index (χ0) is 12.3. The molecule has 84 valence electrons. The normalized spacial score (nSPS) is 10.2. The lowest BCUT2D eigenvalue weighted by Gasteiger charge is -2.04. The Labute approximate surface area is 87.9 Å². The molecule has 0 bridgehead atoms. The van der Waals surface area contributed by atoms with Gasteiger partial charge in [0.1, 0.15) is 11.8 Å². The van der Waals surface area contributed by atoms with Crippen LogP contribution in [-0.2, 0) is 6.61 Å². The maximum absolute atomic E-state index is 12.3. The van der Waals surface area contributed by atoms with Crippen LogP contribution >= 0.6 is 0 Å². The van der Waals surface area contributed by atoms with Crippen LogP contribution in [-0.4, -0.2) is 15.0 Å². The van der Waals surface area contributed by atoms with Crippen molar-refractivity contribution in [2.75, 3.05) is 0 Å². The van der Waals surface area contributed by atoms with Gasteiger partial charge in [0.15, 0.2) is 5.56 Å². The third-order valence-corrected chi connectivity index (χ3v) is 1.78. The number of alkyl halides is 2. The van der Waals surface area contributed by atoms with E-state index >= 15 is 0 Å². The van der Waals surface area contributed by atoms with Crippen LogP contribution in [0.15, 0.2) is 6.07 Å². The van der Waals surface area contributed by atoms with Crippen molar-refractivity contribution in [2.24, 2.45) is 0 Å². The standard InChI is InChI=1S/C8H5F2N3O3/c9-8(10)5-1-7(13(15)16)4(2-11)6(3-14)12-5/h1,8,14H,3H2. The lowest BCUT2D eigenvalue weighted by molar-refractivity contribution is -0.385. The van der Waals surface area contributed by atoms with Crippen molar-refractivity contribution in [3.8, 4) is 6.07 Å². The van der Waals surface area contributed by atoms with Gasteiger partial charge in [-0.2, -0.15) is 5.26 Å².